The molecule has 2 rings (SSSR count). The highest BCUT2D eigenvalue weighted by Gasteiger charge is 2.36. The Morgan fingerprint density at radius 3 is 1.89 bits per heavy atom. The zero-order chi connectivity index (χ0) is 13.5. The molecule has 1 aromatic carbocycles. The summed E-state index contributed by atoms with van der Waals surface area (Å²) in [4.78, 5) is 0. The summed E-state index contributed by atoms with van der Waals surface area (Å²) in [6.45, 7) is 14.0. The SMILES string of the molecule is CC1=C(C)[SiH](c2ccccc2)C(C(C)(C)C)=C1C. The predicted octanol–water partition coefficient (Wildman–Crippen LogP) is 3.91. The van der Waals surface area contributed by atoms with Crippen LogP contribution >= 0.6 is 0 Å². The van der Waals surface area contributed by atoms with E-state index in [9.17, 15) is 0 Å². The average molecular weight is 256 g/mol. The summed E-state index contributed by atoms with van der Waals surface area (Å²) in [6.07, 6.45) is 0. The average Bonchev–Trinajstić information content (AvgIpc) is 2.54. The zero-order valence-corrected chi connectivity index (χ0v) is 13.6. The van der Waals surface area contributed by atoms with Gasteiger partial charge in [-0.15, -0.1) is 0 Å². The molecule has 0 radical (unpaired) electrons. The first-order chi connectivity index (χ1) is 8.34. The van der Waals surface area contributed by atoms with Gasteiger partial charge in [0, 0.05) is 0 Å². The second-order valence-corrected chi connectivity index (χ2v) is 9.42. The molecule has 1 aliphatic heterocycles. The fourth-order valence-electron chi connectivity index (χ4n) is 3.20. The third-order valence-electron chi connectivity index (χ3n) is 4.22. The van der Waals surface area contributed by atoms with Gasteiger partial charge < -0.3 is 0 Å². The maximum Gasteiger partial charge on any atom is 0.125 e. The Hall–Kier alpha value is -1.08. The maximum atomic E-state index is 2.36. The number of hydrogen-bond acceptors (Lipinski definition) is 0. The van der Waals surface area contributed by atoms with Crippen LogP contribution in [0.3, 0.4) is 0 Å². The molecule has 0 amide bonds. The summed E-state index contributed by atoms with van der Waals surface area (Å²) in [5, 5.41) is 4.95. The highest BCUT2D eigenvalue weighted by atomic mass is 28.3. The van der Waals surface area contributed by atoms with Gasteiger partial charge in [0.25, 0.3) is 0 Å². The molecule has 1 aliphatic rings. The van der Waals surface area contributed by atoms with Gasteiger partial charge >= 0.3 is 0 Å². The molecule has 1 unspecified atom stereocenters. The number of allylic oxidation sites excluding steroid dienone is 4. The van der Waals surface area contributed by atoms with Crippen molar-refractivity contribution in [1.29, 1.82) is 0 Å². The van der Waals surface area contributed by atoms with Gasteiger partial charge in [0.1, 0.15) is 8.80 Å². The molecule has 1 atom stereocenters. The summed E-state index contributed by atoms with van der Waals surface area (Å²) in [7, 11) is -1.13. The van der Waals surface area contributed by atoms with E-state index in [4.69, 9.17) is 0 Å². The van der Waals surface area contributed by atoms with Gasteiger partial charge in [-0.1, -0.05) is 77.8 Å². The van der Waals surface area contributed by atoms with Crippen LogP contribution in [0.1, 0.15) is 41.5 Å². The van der Waals surface area contributed by atoms with E-state index in [1.54, 1.807) is 26.7 Å². The fourth-order valence-corrected chi connectivity index (χ4v) is 7.24. The standard InChI is InChI=1S/C17H24Si/c1-12-13(2)16(17(4,5)6)18(14(12)3)15-10-8-7-9-11-15/h7-11,18H,1-6H3. The summed E-state index contributed by atoms with van der Waals surface area (Å²) >= 11 is 0. The molecular formula is C17H24Si. The van der Waals surface area contributed by atoms with Gasteiger partial charge in [0.15, 0.2) is 0 Å². The summed E-state index contributed by atoms with van der Waals surface area (Å²) < 4.78 is 0. The van der Waals surface area contributed by atoms with Crippen LogP contribution in [0.2, 0.25) is 0 Å². The molecule has 1 heteroatoms. The quantitative estimate of drug-likeness (QED) is 0.668. The zero-order valence-electron chi connectivity index (χ0n) is 12.5. The van der Waals surface area contributed by atoms with Crippen LogP contribution in [-0.2, 0) is 0 Å². The Morgan fingerprint density at radius 1 is 0.833 bits per heavy atom. The van der Waals surface area contributed by atoms with Crippen molar-refractivity contribution in [3.8, 4) is 0 Å². The predicted molar refractivity (Wildman–Crippen MR) is 83.8 cm³/mol. The van der Waals surface area contributed by atoms with Crippen LogP contribution in [0.15, 0.2) is 51.9 Å². The van der Waals surface area contributed by atoms with Crippen molar-refractivity contribution in [2.75, 3.05) is 0 Å². The van der Waals surface area contributed by atoms with E-state index < -0.39 is 8.80 Å². The van der Waals surface area contributed by atoms with Crippen LogP contribution < -0.4 is 5.19 Å². The first kappa shape index (κ1) is 13.4. The molecular weight excluding hydrogens is 232 g/mol. The first-order valence-corrected chi connectivity index (χ1v) is 8.51. The Labute approximate surface area is 113 Å². The second-order valence-electron chi connectivity index (χ2n) is 6.44. The van der Waals surface area contributed by atoms with Crippen molar-refractivity contribution in [1.82, 2.24) is 0 Å². The smallest absolute Gasteiger partial charge is 0.0745 e. The molecule has 18 heavy (non-hydrogen) atoms. The lowest BCUT2D eigenvalue weighted by Gasteiger charge is -2.28. The van der Waals surface area contributed by atoms with E-state index in [1.807, 2.05) is 0 Å². The Kier molecular flexibility index (Phi) is 3.37. The maximum absolute atomic E-state index is 2.36. The number of benzene rings is 1. The first-order valence-electron chi connectivity index (χ1n) is 6.78. The van der Waals surface area contributed by atoms with Crippen LogP contribution in [0.5, 0.6) is 0 Å². The molecule has 1 aromatic rings. The second kappa shape index (κ2) is 4.54. The van der Waals surface area contributed by atoms with Crippen molar-refractivity contribution in [2.45, 2.75) is 41.5 Å². The summed E-state index contributed by atoms with van der Waals surface area (Å²) in [6, 6.07) is 11.1. The summed E-state index contributed by atoms with van der Waals surface area (Å²) in [5.41, 5.74) is 3.39. The summed E-state index contributed by atoms with van der Waals surface area (Å²) in [5.74, 6) is 0. The molecule has 0 N–H and O–H groups in total. The largest absolute Gasteiger partial charge is 0.125 e. The highest BCUT2D eigenvalue weighted by molar-refractivity contribution is 6.87. The van der Waals surface area contributed by atoms with Crippen molar-refractivity contribution < 1.29 is 0 Å². The minimum Gasteiger partial charge on any atom is -0.0745 e. The third-order valence-corrected chi connectivity index (χ3v) is 8.45. The molecule has 0 nitrogen and oxygen atoms in total. The Morgan fingerprint density at radius 2 is 1.39 bits per heavy atom. The molecule has 0 saturated heterocycles. The lowest BCUT2D eigenvalue weighted by Crippen LogP contribution is -2.37. The van der Waals surface area contributed by atoms with Gasteiger partial charge in [-0.25, -0.2) is 0 Å². The van der Waals surface area contributed by atoms with E-state index in [0.717, 1.165) is 0 Å². The monoisotopic (exact) mass is 256 g/mol. The lowest BCUT2D eigenvalue weighted by atomic mass is 9.91. The fraction of sp³-hybridized carbons (Fsp3) is 0.412. The van der Waals surface area contributed by atoms with Crippen LogP contribution in [0, 0.1) is 5.41 Å². The topological polar surface area (TPSA) is 0 Å². The van der Waals surface area contributed by atoms with Crippen molar-refractivity contribution >= 4 is 14.0 Å². The lowest BCUT2D eigenvalue weighted by molar-refractivity contribution is 0.525. The van der Waals surface area contributed by atoms with Crippen molar-refractivity contribution in [2.24, 2.45) is 5.41 Å². The third kappa shape index (κ3) is 2.12. The molecule has 0 spiro atoms. The van der Waals surface area contributed by atoms with E-state index in [1.165, 1.54) is 0 Å². The minimum absolute atomic E-state index is 0.288. The molecule has 0 aliphatic carbocycles. The van der Waals surface area contributed by atoms with Crippen LogP contribution in [-0.4, -0.2) is 8.80 Å². The van der Waals surface area contributed by atoms with Gasteiger partial charge in [-0.2, -0.15) is 0 Å². The van der Waals surface area contributed by atoms with E-state index in [2.05, 4.69) is 71.9 Å². The molecule has 0 saturated carbocycles. The molecule has 96 valence electrons. The van der Waals surface area contributed by atoms with E-state index in [0.29, 0.717) is 0 Å². The Balaban J connectivity index is 2.59. The minimum atomic E-state index is -1.13. The molecule has 1 heterocycles. The molecule has 0 bridgehead atoms. The molecule has 0 fully saturated rings. The molecule has 0 aromatic heterocycles. The van der Waals surface area contributed by atoms with Gasteiger partial charge in [-0.3, -0.25) is 0 Å². The van der Waals surface area contributed by atoms with Crippen LogP contribution in [0.25, 0.3) is 0 Å². The van der Waals surface area contributed by atoms with Gasteiger partial charge in [0.2, 0.25) is 0 Å². The van der Waals surface area contributed by atoms with E-state index >= 15 is 0 Å². The number of rotatable bonds is 1. The van der Waals surface area contributed by atoms with Crippen molar-refractivity contribution in [3.63, 3.8) is 0 Å². The normalized spacial score (nSPS) is 20.9. The van der Waals surface area contributed by atoms with Gasteiger partial charge in [-0.05, 0) is 26.2 Å². The highest BCUT2D eigenvalue weighted by Crippen LogP contribution is 2.40. The Bertz CT molecular complexity index is 512. The van der Waals surface area contributed by atoms with E-state index in [-0.39, 0.29) is 5.41 Å². The van der Waals surface area contributed by atoms with Crippen molar-refractivity contribution in [3.05, 3.63) is 51.9 Å². The van der Waals surface area contributed by atoms with Crippen LogP contribution in [0.4, 0.5) is 0 Å². The van der Waals surface area contributed by atoms with Gasteiger partial charge in [0.05, 0.1) is 0 Å². The number of hydrogen-bond donors (Lipinski definition) is 0.